The van der Waals surface area contributed by atoms with E-state index in [4.69, 9.17) is 0 Å². The molecule has 2 heterocycles. The summed E-state index contributed by atoms with van der Waals surface area (Å²) in [5.41, 5.74) is 29.9. The van der Waals surface area contributed by atoms with Gasteiger partial charge in [0.05, 0.1) is 27.5 Å². The number of hydrogen-bond acceptors (Lipinski definition) is 0. The Hall–Kier alpha value is -9.76. The molecule has 396 valence electrons. The highest BCUT2D eigenvalue weighted by Gasteiger charge is 2.51. The first-order valence-electron chi connectivity index (χ1n) is 29.4. The maximum absolute atomic E-state index is 2.50. The average Bonchev–Trinajstić information content (AvgIpc) is 1.63. The van der Waals surface area contributed by atoms with Gasteiger partial charge in [0.2, 0.25) is 0 Å². The Kier molecular flexibility index (Phi) is 10.7. The van der Waals surface area contributed by atoms with Gasteiger partial charge in [-0.1, -0.05) is 236 Å². The van der Waals surface area contributed by atoms with E-state index >= 15 is 0 Å². The number of fused-ring (bicyclic) bond motifs is 16. The lowest BCUT2D eigenvalue weighted by Crippen LogP contribution is -2.26. The van der Waals surface area contributed by atoms with Crippen molar-refractivity contribution in [2.24, 2.45) is 0 Å². The van der Waals surface area contributed by atoms with E-state index in [1.165, 1.54) is 155 Å². The second kappa shape index (κ2) is 18.1. The van der Waals surface area contributed by atoms with Crippen molar-refractivity contribution in [2.75, 3.05) is 0 Å². The van der Waals surface area contributed by atoms with Crippen LogP contribution in [-0.4, -0.2) is 9.13 Å². The summed E-state index contributed by atoms with van der Waals surface area (Å²) in [7, 11) is 0. The molecule has 0 atom stereocenters. The molecule has 0 saturated heterocycles. The van der Waals surface area contributed by atoms with E-state index in [0.29, 0.717) is 0 Å². The molecule has 2 aliphatic carbocycles. The Morgan fingerprint density at radius 2 is 0.542 bits per heavy atom. The quantitative estimate of drug-likeness (QED) is 0.157. The van der Waals surface area contributed by atoms with E-state index < -0.39 is 5.41 Å². The van der Waals surface area contributed by atoms with Gasteiger partial charge in [-0.05, 0) is 184 Å². The van der Waals surface area contributed by atoms with Crippen LogP contribution >= 0.6 is 0 Å². The van der Waals surface area contributed by atoms with Crippen molar-refractivity contribution in [3.63, 3.8) is 0 Å². The van der Waals surface area contributed by atoms with Crippen molar-refractivity contribution >= 4 is 43.6 Å². The number of aromatic nitrogens is 2. The second-order valence-electron chi connectivity index (χ2n) is 25.3. The van der Waals surface area contributed by atoms with Crippen LogP contribution in [0.5, 0.6) is 0 Å². The molecule has 2 heteroatoms. The van der Waals surface area contributed by atoms with Gasteiger partial charge in [-0.2, -0.15) is 0 Å². The van der Waals surface area contributed by atoms with Gasteiger partial charge in [-0.15, -0.1) is 0 Å². The van der Waals surface area contributed by atoms with Crippen LogP contribution in [0.3, 0.4) is 0 Å². The molecule has 0 bridgehead atoms. The molecule has 0 saturated carbocycles. The minimum atomic E-state index is -0.490. The fraction of sp³-hybridized carbons (Fsp3) is 0.111. The smallest absolute Gasteiger partial charge is 0.0725 e. The van der Waals surface area contributed by atoms with Crippen LogP contribution in [0, 0.1) is 0 Å². The zero-order chi connectivity index (χ0) is 55.9. The largest absolute Gasteiger partial charge is 0.309 e. The first-order chi connectivity index (χ1) is 40.4. The summed E-state index contributed by atoms with van der Waals surface area (Å²) in [6.45, 7) is 13.6. The van der Waals surface area contributed by atoms with Gasteiger partial charge < -0.3 is 9.13 Å². The van der Waals surface area contributed by atoms with Gasteiger partial charge in [0.1, 0.15) is 0 Å². The third kappa shape index (κ3) is 7.48. The highest BCUT2D eigenvalue weighted by molar-refractivity contribution is 6.12. The van der Waals surface area contributed by atoms with Crippen LogP contribution < -0.4 is 0 Å². The summed E-state index contributed by atoms with van der Waals surface area (Å²) >= 11 is 0. The molecule has 2 nitrogen and oxygen atoms in total. The minimum Gasteiger partial charge on any atom is -0.309 e. The predicted octanol–water partition coefficient (Wildman–Crippen LogP) is 21.5. The summed E-state index contributed by atoms with van der Waals surface area (Å²) < 4.78 is 4.83. The van der Waals surface area contributed by atoms with E-state index in [0.717, 1.165) is 0 Å². The Morgan fingerprint density at radius 3 is 0.928 bits per heavy atom. The lowest BCUT2D eigenvalue weighted by atomic mass is 9.70. The molecule has 0 aliphatic heterocycles. The van der Waals surface area contributed by atoms with Gasteiger partial charge in [-0.3, -0.25) is 0 Å². The Morgan fingerprint density at radius 1 is 0.241 bits per heavy atom. The third-order valence-electron chi connectivity index (χ3n) is 18.5. The Bertz CT molecular complexity index is 4620. The molecule has 0 amide bonds. The van der Waals surface area contributed by atoms with Crippen molar-refractivity contribution < 1.29 is 0 Å². The number of benzene rings is 12. The van der Waals surface area contributed by atoms with Gasteiger partial charge >= 0.3 is 0 Å². The van der Waals surface area contributed by atoms with Crippen LogP contribution in [0.1, 0.15) is 74.9 Å². The first kappa shape index (κ1) is 49.1. The van der Waals surface area contributed by atoms with Crippen molar-refractivity contribution in [1.82, 2.24) is 9.13 Å². The average molecular weight is 1060 g/mol. The molecule has 14 aromatic rings. The second-order valence-corrected chi connectivity index (χ2v) is 25.3. The minimum absolute atomic E-state index is 0.0967. The molecule has 0 radical (unpaired) electrons. The lowest BCUT2D eigenvalue weighted by Gasteiger charge is -2.31. The van der Waals surface area contributed by atoms with E-state index in [9.17, 15) is 0 Å². The molecule has 12 aromatic carbocycles. The Labute approximate surface area is 486 Å². The van der Waals surface area contributed by atoms with E-state index in [2.05, 4.69) is 318 Å². The summed E-state index contributed by atoms with van der Waals surface area (Å²) in [6, 6.07) is 101. The molecular weight excluding hydrogens is 1000 g/mol. The number of hydrogen-bond donors (Lipinski definition) is 0. The molecule has 2 aliphatic rings. The molecule has 2 aromatic heterocycles. The van der Waals surface area contributed by atoms with Crippen molar-refractivity contribution in [2.45, 2.75) is 57.8 Å². The first-order valence-corrected chi connectivity index (χ1v) is 29.4. The highest BCUT2D eigenvalue weighted by atomic mass is 15.0. The fourth-order valence-electron chi connectivity index (χ4n) is 14.3. The lowest BCUT2D eigenvalue weighted by molar-refractivity contribution is 0.590. The molecule has 83 heavy (non-hydrogen) atoms. The van der Waals surface area contributed by atoms with Gasteiger partial charge in [0.25, 0.3) is 0 Å². The van der Waals surface area contributed by atoms with Crippen LogP contribution in [0.25, 0.3) is 122 Å². The number of rotatable bonds is 6. The maximum Gasteiger partial charge on any atom is 0.0725 e. The van der Waals surface area contributed by atoms with Crippen LogP contribution in [0.2, 0.25) is 0 Å². The van der Waals surface area contributed by atoms with E-state index in [1.54, 1.807) is 0 Å². The van der Waals surface area contributed by atoms with Gasteiger partial charge in [0.15, 0.2) is 0 Å². The molecule has 0 unspecified atom stereocenters. The topological polar surface area (TPSA) is 9.86 Å². The molecule has 16 rings (SSSR count). The Balaban J connectivity index is 0.751. The number of nitrogens with zero attached hydrogens (tertiary/aromatic N) is 2. The van der Waals surface area contributed by atoms with E-state index in [1.807, 2.05) is 0 Å². The molecule has 1 spiro atoms. The normalized spacial score (nSPS) is 13.3. The summed E-state index contributed by atoms with van der Waals surface area (Å²) in [5.74, 6) is 0. The van der Waals surface area contributed by atoms with Gasteiger partial charge in [0, 0.05) is 32.9 Å². The fourth-order valence-corrected chi connectivity index (χ4v) is 14.3. The molecular formula is C81H62N2. The summed E-state index contributed by atoms with van der Waals surface area (Å²) in [6.07, 6.45) is 0. The summed E-state index contributed by atoms with van der Waals surface area (Å²) in [5, 5.41) is 5.04. The van der Waals surface area contributed by atoms with Crippen LogP contribution in [0.4, 0.5) is 0 Å². The summed E-state index contributed by atoms with van der Waals surface area (Å²) in [4.78, 5) is 0. The molecule has 0 fully saturated rings. The van der Waals surface area contributed by atoms with Crippen LogP contribution in [0.15, 0.2) is 267 Å². The zero-order valence-corrected chi connectivity index (χ0v) is 47.8. The van der Waals surface area contributed by atoms with Crippen molar-refractivity contribution in [3.05, 3.63) is 300 Å². The van der Waals surface area contributed by atoms with Gasteiger partial charge in [-0.25, -0.2) is 0 Å². The third-order valence-corrected chi connectivity index (χ3v) is 18.5. The zero-order valence-electron chi connectivity index (χ0n) is 47.8. The monoisotopic (exact) mass is 1060 g/mol. The molecule has 0 N–H and O–H groups in total. The van der Waals surface area contributed by atoms with E-state index in [-0.39, 0.29) is 10.8 Å². The maximum atomic E-state index is 2.50. The van der Waals surface area contributed by atoms with Crippen LogP contribution in [-0.2, 0) is 16.2 Å². The standard InChI is InChI=1S/C81H62N2/c1-79(2,3)59-35-39-61(40-36-59)82-75-21-13-9-17-67(75)69-47-55(33-45-77(69)82)51-23-27-53(28-24-51)57-31-43-65-66-44-32-58(50-74(66)81(73(65)49-57)71-19-11-7-15-63(71)64-16-8-12-20-72(64)81)54-29-25-52(26-30-54)56-34-46-78-70(48-56)68-18-10-14-22-76(68)83(78)62-41-37-60(38-42-62)80(4,5)6/h7-50H,1-6H3. The SMILES string of the molecule is CC(C)(C)c1ccc(-n2c3ccccc3c3cc(-c4ccc(-c5ccc6c(c5)C5(c7ccccc7-c7ccccc75)c5cc(-c7ccc(-c8ccc9c(c8)c8ccccc8n9-c8ccc(C(C)(C)C)cc8)cc7)ccc5-6)cc4)ccc32)cc1. The predicted molar refractivity (Wildman–Crippen MR) is 351 cm³/mol. The van der Waals surface area contributed by atoms with Crippen molar-refractivity contribution in [3.8, 4) is 78.1 Å². The highest BCUT2D eigenvalue weighted by Crippen LogP contribution is 2.63. The number of para-hydroxylation sites is 2. The van der Waals surface area contributed by atoms with Crippen molar-refractivity contribution in [1.29, 1.82) is 0 Å².